The molecule has 0 atom stereocenters. The normalized spacial score (nSPS) is 10.9. The van der Waals surface area contributed by atoms with Gasteiger partial charge in [0.15, 0.2) is 5.76 Å². The number of hydrogen-bond acceptors (Lipinski definition) is 5. The molecular formula is C15H20N4O2. The molecule has 6 heteroatoms. The van der Waals surface area contributed by atoms with Gasteiger partial charge in [-0.3, -0.25) is 4.79 Å². The molecule has 112 valence electrons. The van der Waals surface area contributed by atoms with Gasteiger partial charge in [0.25, 0.3) is 0 Å². The molecule has 21 heavy (non-hydrogen) atoms. The van der Waals surface area contributed by atoms with E-state index in [2.05, 4.69) is 15.4 Å². The highest BCUT2D eigenvalue weighted by molar-refractivity contribution is 5.94. The fourth-order valence-electron chi connectivity index (χ4n) is 2.05. The standard InChI is InChI=1S/C15H20N4O2/c1-10-6-13(21-18-10)8-17-14-7-11(15(16)20)4-5-12(14)9-19(2)3/h4-7,17H,8-9H2,1-3H3,(H2,16,20). The van der Waals surface area contributed by atoms with Gasteiger partial charge in [-0.1, -0.05) is 11.2 Å². The summed E-state index contributed by atoms with van der Waals surface area (Å²) in [5, 5.41) is 7.12. The number of rotatable bonds is 6. The zero-order valence-electron chi connectivity index (χ0n) is 12.5. The van der Waals surface area contributed by atoms with Gasteiger partial charge in [-0.2, -0.15) is 0 Å². The number of amides is 1. The lowest BCUT2D eigenvalue weighted by Crippen LogP contribution is -2.15. The Balaban J connectivity index is 2.20. The van der Waals surface area contributed by atoms with Crippen molar-refractivity contribution in [2.24, 2.45) is 5.73 Å². The number of carbonyl (C=O) groups is 1. The van der Waals surface area contributed by atoms with Crippen LogP contribution >= 0.6 is 0 Å². The number of anilines is 1. The first-order valence-corrected chi connectivity index (χ1v) is 6.69. The largest absolute Gasteiger partial charge is 0.377 e. The van der Waals surface area contributed by atoms with Crippen LogP contribution in [0, 0.1) is 6.92 Å². The number of primary amides is 1. The predicted molar refractivity (Wildman–Crippen MR) is 80.9 cm³/mol. The third-order valence-electron chi connectivity index (χ3n) is 3.01. The Labute approximate surface area is 123 Å². The van der Waals surface area contributed by atoms with Crippen molar-refractivity contribution in [3.8, 4) is 0 Å². The molecule has 6 nitrogen and oxygen atoms in total. The van der Waals surface area contributed by atoms with E-state index in [-0.39, 0.29) is 0 Å². The lowest BCUT2D eigenvalue weighted by atomic mass is 10.1. The Hall–Kier alpha value is -2.34. The van der Waals surface area contributed by atoms with Gasteiger partial charge >= 0.3 is 0 Å². The van der Waals surface area contributed by atoms with Crippen LogP contribution in [-0.2, 0) is 13.1 Å². The maximum Gasteiger partial charge on any atom is 0.248 e. The highest BCUT2D eigenvalue weighted by atomic mass is 16.5. The van der Waals surface area contributed by atoms with E-state index in [0.717, 1.165) is 29.2 Å². The van der Waals surface area contributed by atoms with E-state index in [0.29, 0.717) is 12.1 Å². The highest BCUT2D eigenvalue weighted by Gasteiger charge is 2.09. The Bertz CT molecular complexity index is 634. The average Bonchev–Trinajstić information content (AvgIpc) is 2.82. The lowest BCUT2D eigenvalue weighted by molar-refractivity contribution is 0.100. The number of nitrogens with zero attached hydrogens (tertiary/aromatic N) is 2. The van der Waals surface area contributed by atoms with E-state index in [4.69, 9.17) is 10.3 Å². The molecule has 2 rings (SSSR count). The number of carbonyl (C=O) groups excluding carboxylic acids is 1. The first kappa shape index (κ1) is 15.1. The summed E-state index contributed by atoms with van der Waals surface area (Å²) in [6.07, 6.45) is 0. The fourth-order valence-corrected chi connectivity index (χ4v) is 2.05. The zero-order chi connectivity index (χ0) is 15.4. The van der Waals surface area contributed by atoms with Crippen LogP contribution in [-0.4, -0.2) is 30.1 Å². The summed E-state index contributed by atoms with van der Waals surface area (Å²) in [6, 6.07) is 7.29. The van der Waals surface area contributed by atoms with Crippen molar-refractivity contribution < 1.29 is 9.32 Å². The molecule has 0 radical (unpaired) electrons. The van der Waals surface area contributed by atoms with Gasteiger partial charge in [-0.05, 0) is 38.7 Å². The second-order valence-electron chi connectivity index (χ2n) is 5.26. The maximum absolute atomic E-state index is 11.3. The molecule has 0 saturated carbocycles. The van der Waals surface area contributed by atoms with Crippen molar-refractivity contribution in [1.29, 1.82) is 0 Å². The van der Waals surface area contributed by atoms with E-state index >= 15 is 0 Å². The van der Waals surface area contributed by atoms with Gasteiger partial charge < -0.3 is 20.5 Å². The number of hydrogen-bond donors (Lipinski definition) is 2. The minimum atomic E-state index is -0.440. The molecule has 1 aromatic carbocycles. The van der Waals surface area contributed by atoms with Crippen LogP contribution in [0.15, 0.2) is 28.8 Å². The summed E-state index contributed by atoms with van der Waals surface area (Å²) < 4.78 is 5.17. The molecule has 0 spiro atoms. The van der Waals surface area contributed by atoms with E-state index in [1.807, 2.05) is 33.2 Å². The molecular weight excluding hydrogens is 268 g/mol. The second kappa shape index (κ2) is 6.41. The third kappa shape index (κ3) is 4.06. The van der Waals surface area contributed by atoms with E-state index in [9.17, 15) is 4.79 Å². The summed E-state index contributed by atoms with van der Waals surface area (Å²) in [7, 11) is 3.98. The SMILES string of the molecule is Cc1cc(CNc2cc(C(N)=O)ccc2CN(C)C)on1. The van der Waals surface area contributed by atoms with Crippen molar-refractivity contribution in [3.05, 3.63) is 46.8 Å². The molecule has 1 heterocycles. The van der Waals surface area contributed by atoms with Gasteiger partial charge in [0.05, 0.1) is 12.2 Å². The van der Waals surface area contributed by atoms with Crippen molar-refractivity contribution in [2.75, 3.05) is 19.4 Å². The third-order valence-corrected chi connectivity index (χ3v) is 3.01. The first-order valence-electron chi connectivity index (χ1n) is 6.69. The van der Waals surface area contributed by atoms with E-state index in [1.54, 1.807) is 12.1 Å². The van der Waals surface area contributed by atoms with Crippen molar-refractivity contribution in [1.82, 2.24) is 10.1 Å². The Morgan fingerprint density at radius 3 is 2.71 bits per heavy atom. The lowest BCUT2D eigenvalue weighted by Gasteiger charge is -2.16. The number of nitrogens with one attached hydrogen (secondary N) is 1. The summed E-state index contributed by atoms with van der Waals surface area (Å²) in [5.74, 6) is 0.303. The highest BCUT2D eigenvalue weighted by Crippen LogP contribution is 2.20. The van der Waals surface area contributed by atoms with Crippen LogP contribution in [0.3, 0.4) is 0 Å². The van der Waals surface area contributed by atoms with Gasteiger partial charge in [0, 0.05) is 23.9 Å². The minimum absolute atomic E-state index is 0.440. The van der Waals surface area contributed by atoms with Crippen LogP contribution in [0.4, 0.5) is 5.69 Å². The average molecular weight is 288 g/mol. The summed E-state index contributed by atoms with van der Waals surface area (Å²) >= 11 is 0. The molecule has 0 saturated heterocycles. The van der Waals surface area contributed by atoms with Gasteiger partial charge in [-0.15, -0.1) is 0 Å². The monoisotopic (exact) mass is 288 g/mol. The molecule has 1 amide bonds. The second-order valence-corrected chi connectivity index (χ2v) is 5.26. The molecule has 0 aliphatic carbocycles. The molecule has 0 aliphatic rings. The Morgan fingerprint density at radius 1 is 1.38 bits per heavy atom. The Kier molecular flexibility index (Phi) is 4.59. The maximum atomic E-state index is 11.3. The zero-order valence-corrected chi connectivity index (χ0v) is 12.5. The molecule has 3 N–H and O–H groups in total. The minimum Gasteiger partial charge on any atom is -0.377 e. The quantitative estimate of drug-likeness (QED) is 0.846. The molecule has 2 aromatic rings. The van der Waals surface area contributed by atoms with E-state index in [1.165, 1.54) is 0 Å². The molecule has 0 fully saturated rings. The number of benzene rings is 1. The predicted octanol–water partition coefficient (Wildman–Crippen LogP) is 1.76. The smallest absolute Gasteiger partial charge is 0.248 e. The van der Waals surface area contributed by atoms with Crippen molar-refractivity contribution in [2.45, 2.75) is 20.0 Å². The van der Waals surface area contributed by atoms with Crippen LogP contribution in [0.2, 0.25) is 0 Å². The molecule has 0 aliphatic heterocycles. The van der Waals surface area contributed by atoms with Crippen LogP contribution in [0.25, 0.3) is 0 Å². The molecule has 0 unspecified atom stereocenters. The summed E-state index contributed by atoms with van der Waals surface area (Å²) in [5.41, 5.74) is 8.61. The number of aromatic nitrogens is 1. The van der Waals surface area contributed by atoms with Gasteiger partial charge in [0.1, 0.15) is 0 Å². The number of nitrogens with two attached hydrogens (primary N) is 1. The number of aryl methyl sites for hydroxylation is 1. The topological polar surface area (TPSA) is 84.4 Å². The van der Waals surface area contributed by atoms with Gasteiger partial charge in [-0.25, -0.2) is 0 Å². The van der Waals surface area contributed by atoms with Crippen LogP contribution in [0.5, 0.6) is 0 Å². The molecule has 0 bridgehead atoms. The summed E-state index contributed by atoms with van der Waals surface area (Å²) in [6.45, 7) is 3.14. The summed E-state index contributed by atoms with van der Waals surface area (Å²) in [4.78, 5) is 13.4. The van der Waals surface area contributed by atoms with E-state index < -0.39 is 5.91 Å². The Morgan fingerprint density at radius 2 is 2.14 bits per heavy atom. The van der Waals surface area contributed by atoms with Crippen LogP contribution < -0.4 is 11.1 Å². The van der Waals surface area contributed by atoms with Crippen LogP contribution in [0.1, 0.15) is 27.4 Å². The van der Waals surface area contributed by atoms with Crippen molar-refractivity contribution >= 4 is 11.6 Å². The fraction of sp³-hybridized carbons (Fsp3) is 0.333. The van der Waals surface area contributed by atoms with Gasteiger partial charge in [0.2, 0.25) is 5.91 Å². The molecule has 1 aromatic heterocycles. The first-order chi connectivity index (χ1) is 9.95. The van der Waals surface area contributed by atoms with Crippen molar-refractivity contribution in [3.63, 3.8) is 0 Å².